The van der Waals surface area contributed by atoms with Gasteiger partial charge < -0.3 is 0 Å². The van der Waals surface area contributed by atoms with Gasteiger partial charge in [-0.25, -0.2) is 0 Å². The molecule has 40 heavy (non-hydrogen) atoms. The Morgan fingerprint density at radius 3 is 0.575 bits per heavy atom. The molecule has 4 aromatic rings. The van der Waals surface area contributed by atoms with Crippen LogP contribution in [0.4, 0.5) is 22.7 Å². The molecule has 0 aliphatic heterocycles. The molecular weight excluding hydrogens is 766 g/mol. The molecule has 0 saturated heterocycles. The Hall–Kier alpha value is -1.76. The third kappa shape index (κ3) is 11.6. The van der Waals surface area contributed by atoms with Crippen LogP contribution in [-0.4, -0.2) is 98.2 Å². The number of anilines is 4. The summed E-state index contributed by atoms with van der Waals surface area (Å²) in [4.78, 5) is 8.54. The molecule has 0 fully saturated rings. The van der Waals surface area contributed by atoms with Crippen LogP contribution < -0.4 is 34.0 Å². The molecule has 0 unspecified atom stereocenters. The fraction of sp³-hybridized carbons (Fsp3) is 0.250. The second-order valence-electron chi connectivity index (χ2n) is 9.76. The third-order valence-corrected chi connectivity index (χ3v) is 11.7. The molecule has 0 aromatic heterocycles. The molecule has 0 spiro atoms. The summed E-state index contributed by atoms with van der Waals surface area (Å²) in [5, 5.41) is 0. The van der Waals surface area contributed by atoms with E-state index in [1.54, 1.807) is 0 Å². The molecule has 0 amide bonds. The molecule has 8 heteroatoms. The predicted molar refractivity (Wildman–Crippen MR) is 188 cm³/mol. The van der Waals surface area contributed by atoms with Gasteiger partial charge in [0.25, 0.3) is 0 Å². The van der Waals surface area contributed by atoms with Crippen molar-refractivity contribution < 1.29 is 0 Å². The van der Waals surface area contributed by atoms with Crippen molar-refractivity contribution >= 4 is 104 Å². The van der Waals surface area contributed by atoms with Gasteiger partial charge in [-0.05, 0) is 0 Å². The summed E-state index contributed by atoms with van der Waals surface area (Å²) in [6, 6.07) is 35.7. The van der Waals surface area contributed by atoms with Gasteiger partial charge in [0.1, 0.15) is 0 Å². The van der Waals surface area contributed by atoms with Crippen LogP contribution in [0.25, 0.3) is 0 Å². The average Bonchev–Trinajstić information content (AvgIpc) is 2.90. The van der Waals surface area contributed by atoms with Crippen LogP contribution in [0.1, 0.15) is 0 Å². The normalized spacial score (nSPS) is 9.80. The average molecular weight is 809 g/mol. The number of nitrogens with zero attached hydrogens (tertiary/aromatic N) is 4. The van der Waals surface area contributed by atoms with Gasteiger partial charge in [-0.15, -0.1) is 24.8 Å². The topological polar surface area (TPSA) is 13.0 Å². The largest absolute Gasteiger partial charge is 0.147 e. The molecule has 0 aliphatic rings. The van der Waals surface area contributed by atoms with Gasteiger partial charge in [0, 0.05) is 0 Å². The first kappa shape index (κ1) is 36.3. The standard InChI is InChI=1S/2C16H20N2Te.2ClH/c2*1-17(2)13-5-9-15(10-6-13)19-16-11-7-14(8-12-16)18(3)4;;/h2*5-12H,1-4H3;2*1H. The second kappa shape index (κ2) is 17.9. The molecule has 0 heterocycles. The maximum absolute atomic E-state index is 2.26. The summed E-state index contributed by atoms with van der Waals surface area (Å²) in [5.74, 6) is 0. The third-order valence-electron chi connectivity index (χ3n) is 5.88. The van der Waals surface area contributed by atoms with E-state index >= 15 is 0 Å². The Balaban J connectivity index is 0.000000381. The van der Waals surface area contributed by atoms with E-state index in [4.69, 9.17) is 0 Å². The summed E-state index contributed by atoms with van der Waals surface area (Å²) in [6.07, 6.45) is 0. The van der Waals surface area contributed by atoms with E-state index in [0.29, 0.717) is 0 Å². The van der Waals surface area contributed by atoms with Crippen molar-refractivity contribution in [3.05, 3.63) is 97.1 Å². The van der Waals surface area contributed by atoms with Gasteiger partial charge in [-0.2, -0.15) is 0 Å². The fourth-order valence-electron chi connectivity index (χ4n) is 3.52. The predicted octanol–water partition coefficient (Wildman–Crippen LogP) is 3.79. The molecule has 0 aliphatic carbocycles. The minimum Gasteiger partial charge on any atom is -0.147 e. The minimum atomic E-state index is -0.267. The van der Waals surface area contributed by atoms with Crippen LogP contribution in [0, 0.1) is 0 Å². The zero-order valence-electron chi connectivity index (χ0n) is 24.7. The van der Waals surface area contributed by atoms with Crippen LogP contribution >= 0.6 is 24.8 Å². The van der Waals surface area contributed by atoms with Crippen molar-refractivity contribution in [3.8, 4) is 0 Å². The molecule has 216 valence electrons. The van der Waals surface area contributed by atoms with Gasteiger partial charge >= 0.3 is 252 Å². The van der Waals surface area contributed by atoms with E-state index in [2.05, 4.69) is 173 Å². The van der Waals surface area contributed by atoms with E-state index in [0.717, 1.165) is 0 Å². The van der Waals surface area contributed by atoms with E-state index < -0.39 is 0 Å². The van der Waals surface area contributed by atoms with Crippen LogP contribution in [-0.2, 0) is 0 Å². The molecular formula is C32H42Cl2N4Te2. The van der Waals surface area contributed by atoms with Gasteiger partial charge in [0.15, 0.2) is 0 Å². The number of halogens is 2. The summed E-state index contributed by atoms with van der Waals surface area (Å²) < 4.78 is 5.92. The van der Waals surface area contributed by atoms with E-state index in [-0.39, 0.29) is 66.7 Å². The number of hydrogen-bond acceptors (Lipinski definition) is 4. The van der Waals surface area contributed by atoms with Crippen molar-refractivity contribution in [1.29, 1.82) is 0 Å². The Bertz CT molecular complexity index is 1040. The Kier molecular flexibility index (Phi) is 16.2. The first-order valence-corrected chi connectivity index (χ1v) is 17.2. The summed E-state index contributed by atoms with van der Waals surface area (Å²) in [5.41, 5.74) is 5.05. The second-order valence-corrected chi connectivity index (χ2v) is 16.3. The maximum Gasteiger partial charge on any atom is -0.147 e. The molecule has 0 atom stereocenters. The quantitative estimate of drug-likeness (QED) is 0.252. The van der Waals surface area contributed by atoms with Crippen molar-refractivity contribution in [2.75, 3.05) is 76.0 Å². The SMILES string of the molecule is CN(C)c1ccc([Te]c2ccc(N(C)C)cc2)cc1.CN(C)c1ccc([Te]c2ccc(N(C)C)cc2)cc1.Cl.Cl. The smallest absolute Gasteiger partial charge is 0.147 e. The van der Waals surface area contributed by atoms with Crippen molar-refractivity contribution in [3.63, 3.8) is 0 Å². The summed E-state index contributed by atoms with van der Waals surface area (Å²) in [7, 11) is 16.6. The van der Waals surface area contributed by atoms with E-state index in [9.17, 15) is 0 Å². The van der Waals surface area contributed by atoms with Crippen LogP contribution in [0.2, 0.25) is 0 Å². The number of benzene rings is 4. The fourth-order valence-corrected chi connectivity index (χ4v) is 8.18. The molecule has 0 radical (unpaired) electrons. The molecule has 0 saturated carbocycles. The number of hydrogen-bond donors (Lipinski definition) is 0. The van der Waals surface area contributed by atoms with E-state index in [1.807, 2.05) is 0 Å². The molecule has 0 N–H and O–H groups in total. The van der Waals surface area contributed by atoms with Crippen molar-refractivity contribution in [1.82, 2.24) is 0 Å². The zero-order valence-corrected chi connectivity index (χ0v) is 31.0. The first-order valence-electron chi connectivity index (χ1n) is 12.6. The van der Waals surface area contributed by atoms with Crippen LogP contribution in [0.3, 0.4) is 0 Å². The molecule has 0 bridgehead atoms. The van der Waals surface area contributed by atoms with Crippen molar-refractivity contribution in [2.45, 2.75) is 0 Å². The minimum absolute atomic E-state index is 0. The number of rotatable bonds is 8. The van der Waals surface area contributed by atoms with Gasteiger partial charge in [0.05, 0.1) is 0 Å². The monoisotopic (exact) mass is 812 g/mol. The Morgan fingerprint density at radius 2 is 0.450 bits per heavy atom. The molecule has 4 aromatic carbocycles. The van der Waals surface area contributed by atoms with Gasteiger partial charge in [0.2, 0.25) is 0 Å². The van der Waals surface area contributed by atoms with E-state index in [1.165, 1.54) is 37.2 Å². The first-order chi connectivity index (χ1) is 18.1. The van der Waals surface area contributed by atoms with Gasteiger partial charge in [-0.1, -0.05) is 0 Å². The van der Waals surface area contributed by atoms with Gasteiger partial charge in [-0.3, -0.25) is 0 Å². The summed E-state index contributed by atoms with van der Waals surface area (Å²) >= 11 is -0.533. The Morgan fingerprint density at radius 1 is 0.300 bits per heavy atom. The summed E-state index contributed by atoms with van der Waals surface area (Å²) in [6.45, 7) is 0. The maximum atomic E-state index is 2.26. The van der Waals surface area contributed by atoms with Crippen LogP contribution in [0.5, 0.6) is 0 Å². The van der Waals surface area contributed by atoms with Crippen molar-refractivity contribution in [2.24, 2.45) is 0 Å². The van der Waals surface area contributed by atoms with Crippen LogP contribution in [0.15, 0.2) is 97.1 Å². The Labute approximate surface area is 274 Å². The molecule has 4 nitrogen and oxygen atoms in total. The molecule has 4 rings (SSSR count). The zero-order chi connectivity index (χ0) is 27.7.